The zero-order valence-electron chi connectivity index (χ0n) is 18.2. The molecule has 2 N–H and O–H groups in total. The highest BCUT2D eigenvalue weighted by molar-refractivity contribution is 6.00. The maximum absolute atomic E-state index is 12.9. The summed E-state index contributed by atoms with van der Waals surface area (Å²) in [5.74, 6) is 1.12. The van der Waals surface area contributed by atoms with Gasteiger partial charge in [0.2, 0.25) is 0 Å². The van der Waals surface area contributed by atoms with Gasteiger partial charge in [0.1, 0.15) is 11.6 Å². The lowest BCUT2D eigenvalue weighted by molar-refractivity contribution is -0.274. The van der Waals surface area contributed by atoms with Crippen molar-refractivity contribution in [1.29, 1.82) is 0 Å². The van der Waals surface area contributed by atoms with Crippen LogP contribution in [-0.4, -0.2) is 33.8 Å². The Morgan fingerprint density at radius 3 is 2.42 bits per heavy atom. The number of aromatic amines is 1. The van der Waals surface area contributed by atoms with E-state index in [2.05, 4.69) is 25.0 Å². The third-order valence-electron chi connectivity index (χ3n) is 5.92. The molecular formula is C24H25F3N4O2. The van der Waals surface area contributed by atoms with Crippen molar-refractivity contribution in [2.75, 3.05) is 6.54 Å². The molecule has 6 nitrogen and oxygen atoms in total. The Morgan fingerprint density at radius 1 is 1.12 bits per heavy atom. The molecule has 0 atom stereocenters. The number of aryl methyl sites for hydroxylation is 1. The summed E-state index contributed by atoms with van der Waals surface area (Å²) in [7, 11) is 0. The zero-order valence-corrected chi connectivity index (χ0v) is 18.2. The average Bonchev–Trinajstić information content (AvgIpc) is 3.19. The lowest BCUT2D eigenvalue weighted by atomic mass is 9.81. The van der Waals surface area contributed by atoms with Crippen molar-refractivity contribution in [3.63, 3.8) is 0 Å². The molecule has 3 aromatic rings. The van der Waals surface area contributed by atoms with Gasteiger partial charge in [0.25, 0.3) is 5.91 Å². The van der Waals surface area contributed by atoms with Crippen molar-refractivity contribution in [3.8, 4) is 17.0 Å². The molecule has 0 radical (unpaired) electrons. The van der Waals surface area contributed by atoms with Gasteiger partial charge in [0.05, 0.1) is 11.3 Å². The second kappa shape index (κ2) is 9.64. The maximum Gasteiger partial charge on any atom is 0.573 e. The van der Waals surface area contributed by atoms with Gasteiger partial charge in [-0.2, -0.15) is 0 Å². The molecule has 1 amide bonds. The monoisotopic (exact) mass is 458 g/mol. The van der Waals surface area contributed by atoms with Crippen LogP contribution >= 0.6 is 0 Å². The van der Waals surface area contributed by atoms with Crippen LogP contribution < -0.4 is 10.1 Å². The summed E-state index contributed by atoms with van der Waals surface area (Å²) in [4.78, 5) is 24.8. The Morgan fingerprint density at radius 2 is 1.79 bits per heavy atom. The molecular weight excluding hydrogens is 433 g/mol. The molecule has 0 unspecified atom stereocenters. The van der Waals surface area contributed by atoms with E-state index < -0.39 is 6.36 Å². The minimum absolute atomic E-state index is 0.210. The number of H-pyrrole nitrogens is 1. The van der Waals surface area contributed by atoms with Crippen molar-refractivity contribution in [1.82, 2.24) is 20.3 Å². The molecule has 1 aliphatic carbocycles. The number of rotatable bonds is 6. The largest absolute Gasteiger partial charge is 0.573 e. The number of hydrogen-bond donors (Lipinski definition) is 2. The molecule has 1 saturated carbocycles. The van der Waals surface area contributed by atoms with Gasteiger partial charge in [0, 0.05) is 30.6 Å². The minimum Gasteiger partial charge on any atom is -0.406 e. The molecule has 9 heteroatoms. The fourth-order valence-electron chi connectivity index (χ4n) is 4.30. The number of nitrogens with one attached hydrogen (secondary N) is 2. The van der Waals surface area contributed by atoms with Crippen LogP contribution in [0.1, 0.15) is 53.5 Å². The van der Waals surface area contributed by atoms with Crippen LogP contribution in [0.3, 0.4) is 0 Å². The van der Waals surface area contributed by atoms with Gasteiger partial charge in [-0.25, -0.2) is 9.97 Å². The number of benzene rings is 1. The first-order valence-corrected chi connectivity index (χ1v) is 10.9. The smallest absolute Gasteiger partial charge is 0.406 e. The number of halogens is 3. The summed E-state index contributed by atoms with van der Waals surface area (Å²) >= 11 is 0. The summed E-state index contributed by atoms with van der Waals surface area (Å²) < 4.78 is 41.1. The van der Waals surface area contributed by atoms with E-state index in [4.69, 9.17) is 0 Å². The highest BCUT2D eigenvalue weighted by Gasteiger charge is 2.31. The number of carbonyl (C=O) groups is 1. The van der Waals surface area contributed by atoms with E-state index >= 15 is 0 Å². The van der Waals surface area contributed by atoms with Crippen LogP contribution in [0.4, 0.5) is 13.2 Å². The Hall–Kier alpha value is -3.36. The standard InChI is InChI=1S/C24H25F3N4O2/c1-15-13-20(21(31-15)17-7-9-19(10-8-17)33-24(25,26)27)23(32)30-14-16-3-5-18(6-4-16)22-28-11-2-12-29-22/h2,7-13,16,18,31H,3-6,14H2,1H3,(H,30,32). The van der Waals surface area contributed by atoms with E-state index in [0.29, 0.717) is 35.2 Å². The van der Waals surface area contributed by atoms with Gasteiger partial charge in [-0.05, 0) is 80.5 Å². The van der Waals surface area contributed by atoms with Crippen LogP contribution in [0.5, 0.6) is 5.75 Å². The first kappa shape index (κ1) is 22.8. The lowest BCUT2D eigenvalue weighted by Gasteiger charge is -2.27. The second-order valence-electron chi connectivity index (χ2n) is 8.35. The van der Waals surface area contributed by atoms with Crippen molar-refractivity contribution in [2.45, 2.75) is 44.9 Å². The number of alkyl halides is 3. The van der Waals surface area contributed by atoms with Crippen LogP contribution in [-0.2, 0) is 0 Å². The number of hydrogen-bond acceptors (Lipinski definition) is 4. The minimum atomic E-state index is -4.75. The highest BCUT2D eigenvalue weighted by atomic mass is 19.4. The molecule has 1 fully saturated rings. The summed E-state index contributed by atoms with van der Waals surface area (Å²) in [6, 6.07) is 9.01. The fourth-order valence-corrected chi connectivity index (χ4v) is 4.30. The summed E-state index contributed by atoms with van der Waals surface area (Å²) in [6.45, 7) is 2.40. The van der Waals surface area contributed by atoms with E-state index in [1.807, 2.05) is 13.0 Å². The summed E-state index contributed by atoms with van der Waals surface area (Å²) in [5.41, 5.74) is 2.41. The molecule has 1 aliphatic rings. The normalized spacial score (nSPS) is 18.7. The lowest BCUT2D eigenvalue weighted by Crippen LogP contribution is -2.31. The molecule has 2 aromatic heterocycles. The van der Waals surface area contributed by atoms with Gasteiger partial charge in [-0.1, -0.05) is 0 Å². The molecule has 1 aromatic carbocycles. The average molecular weight is 458 g/mol. The second-order valence-corrected chi connectivity index (χ2v) is 8.35. The topological polar surface area (TPSA) is 79.9 Å². The molecule has 0 saturated heterocycles. The number of nitrogens with zero attached hydrogens (tertiary/aromatic N) is 2. The zero-order chi connectivity index (χ0) is 23.4. The maximum atomic E-state index is 12.9. The predicted octanol–water partition coefficient (Wildman–Crippen LogP) is 5.38. The quantitative estimate of drug-likeness (QED) is 0.520. The SMILES string of the molecule is Cc1cc(C(=O)NCC2CCC(c3ncccn3)CC2)c(-c2ccc(OC(F)(F)F)cc2)[nH]1. The number of carbonyl (C=O) groups excluding carboxylic acids is 1. The Balaban J connectivity index is 1.36. The van der Waals surface area contributed by atoms with Crippen molar-refractivity contribution < 1.29 is 22.7 Å². The van der Waals surface area contributed by atoms with E-state index in [1.165, 1.54) is 24.3 Å². The van der Waals surface area contributed by atoms with Gasteiger partial charge in [-0.3, -0.25) is 4.79 Å². The Bertz CT molecular complexity index is 1070. The first-order chi connectivity index (χ1) is 15.8. The third kappa shape index (κ3) is 5.91. The van der Waals surface area contributed by atoms with E-state index in [-0.39, 0.29) is 11.7 Å². The van der Waals surface area contributed by atoms with E-state index in [1.54, 1.807) is 18.5 Å². The number of ether oxygens (including phenoxy) is 1. The van der Waals surface area contributed by atoms with Gasteiger partial charge >= 0.3 is 6.36 Å². The van der Waals surface area contributed by atoms with Crippen LogP contribution in [0.2, 0.25) is 0 Å². The van der Waals surface area contributed by atoms with Gasteiger partial charge < -0.3 is 15.0 Å². The molecule has 0 spiro atoms. The molecule has 2 heterocycles. The molecule has 0 bridgehead atoms. The summed E-state index contributed by atoms with van der Waals surface area (Å²) in [6.07, 6.45) is 2.75. The van der Waals surface area contributed by atoms with E-state index in [0.717, 1.165) is 37.2 Å². The third-order valence-corrected chi connectivity index (χ3v) is 5.92. The molecule has 33 heavy (non-hydrogen) atoms. The van der Waals surface area contributed by atoms with Crippen molar-refractivity contribution in [2.24, 2.45) is 5.92 Å². The number of amides is 1. The number of aromatic nitrogens is 3. The molecule has 0 aliphatic heterocycles. The van der Waals surface area contributed by atoms with Gasteiger partial charge in [-0.15, -0.1) is 13.2 Å². The van der Waals surface area contributed by atoms with Gasteiger partial charge in [0.15, 0.2) is 0 Å². The Kier molecular flexibility index (Phi) is 6.67. The van der Waals surface area contributed by atoms with Crippen molar-refractivity contribution in [3.05, 3.63) is 65.9 Å². The molecule has 174 valence electrons. The molecule has 4 rings (SSSR count). The fraction of sp³-hybridized carbons (Fsp3) is 0.375. The first-order valence-electron chi connectivity index (χ1n) is 10.9. The highest BCUT2D eigenvalue weighted by Crippen LogP contribution is 2.34. The Labute approximate surface area is 189 Å². The van der Waals surface area contributed by atoms with Crippen molar-refractivity contribution >= 4 is 5.91 Å². The van der Waals surface area contributed by atoms with E-state index in [9.17, 15) is 18.0 Å². The predicted molar refractivity (Wildman–Crippen MR) is 117 cm³/mol. The van der Waals surface area contributed by atoms with Crippen LogP contribution in [0, 0.1) is 12.8 Å². The summed E-state index contributed by atoms with van der Waals surface area (Å²) in [5, 5.41) is 3.03. The van der Waals surface area contributed by atoms with Crippen LogP contribution in [0.25, 0.3) is 11.3 Å². The van der Waals surface area contributed by atoms with Crippen LogP contribution in [0.15, 0.2) is 48.8 Å².